The molecule has 0 heterocycles. The van der Waals surface area contributed by atoms with Crippen LogP contribution >= 0.6 is 0 Å². The Hall–Kier alpha value is -0.200. The number of hydrogen-bond acceptors (Lipinski definition) is 5. The number of hydrogen-bond donors (Lipinski definition) is 2. The van der Waals surface area contributed by atoms with E-state index in [1.165, 1.54) is 25.7 Å². The highest BCUT2D eigenvalue weighted by atomic mass is 16.5. The van der Waals surface area contributed by atoms with Crippen molar-refractivity contribution in [3.05, 3.63) is 0 Å². The average Bonchev–Trinajstić information content (AvgIpc) is 2.45. The molecule has 5 nitrogen and oxygen atoms in total. The molecule has 4 unspecified atom stereocenters. The number of ether oxygens (including phenoxy) is 2. The van der Waals surface area contributed by atoms with Gasteiger partial charge in [-0.25, -0.2) is 0 Å². The third-order valence-corrected chi connectivity index (χ3v) is 4.21. The van der Waals surface area contributed by atoms with Gasteiger partial charge in [0.1, 0.15) is 0 Å². The molecule has 0 amide bonds. The molecule has 0 saturated heterocycles. The van der Waals surface area contributed by atoms with Gasteiger partial charge in [0, 0.05) is 19.7 Å². The van der Waals surface area contributed by atoms with Crippen molar-refractivity contribution in [3.63, 3.8) is 0 Å². The summed E-state index contributed by atoms with van der Waals surface area (Å²) in [5, 5.41) is 10.1. The summed E-state index contributed by atoms with van der Waals surface area (Å²) in [6, 6.07) is 0.500. The van der Waals surface area contributed by atoms with E-state index in [-0.39, 0.29) is 6.10 Å². The fourth-order valence-electron chi connectivity index (χ4n) is 3.12. The smallest absolute Gasteiger partial charge is 0.0900 e. The minimum Gasteiger partial charge on any atom is -0.389 e. The number of nitrogens with two attached hydrogens (primary N) is 1. The number of nitrogens with zero attached hydrogens (tertiary/aromatic N) is 1. The number of likely N-dealkylation sites (N-methyl/N-ethyl adjacent to an activating group) is 1. The minimum atomic E-state index is -0.459. The van der Waals surface area contributed by atoms with E-state index in [2.05, 4.69) is 11.9 Å². The molecule has 5 heteroatoms. The molecule has 0 radical (unpaired) electrons. The van der Waals surface area contributed by atoms with Crippen molar-refractivity contribution < 1.29 is 14.6 Å². The van der Waals surface area contributed by atoms with Crippen LogP contribution in [0.2, 0.25) is 0 Å². The van der Waals surface area contributed by atoms with Crippen LogP contribution < -0.4 is 5.73 Å². The lowest BCUT2D eigenvalue weighted by Crippen LogP contribution is -2.46. The standard InChI is InChI=1S/C15H32N2O3/c1-12(10-19-3)20-11-14(18)9-17(2)15-7-5-4-6-13(15)8-16/h12-15,18H,4-11,16H2,1-3H3. The average molecular weight is 288 g/mol. The van der Waals surface area contributed by atoms with Crippen LogP contribution in [-0.2, 0) is 9.47 Å². The summed E-state index contributed by atoms with van der Waals surface area (Å²) in [6.07, 6.45) is 4.51. The molecular formula is C15H32N2O3. The molecule has 1 fully saturated rings. The molecule has 0 bridgehead atoms. The summed E-state index contributed by atoms with van der Waals surface area (Å²) >= 11 is 0. The van der Waals surface area contributed by atoms with Crippen LogP contribution in [0.3, 0.4) is 0 Å². The van der Waals surface area contributed by atoms with E-state index in [1.807, 2.05) is 6.92 Å². The fraction of sp³-hybridized carbons (Fsp3) is 1.00. The zero-order valence-electron chi connectivity index (χ0n) is 13.3. The Morgan fingerprint density at radius 3 is 2.65 bits per heavy atom. The number of methoxy groups -OCH3 is 1. The predicted octanol–water partition coefficient (Wildman–Crippen LogP) is 0.848. The van der Waals surface area contributed by atoms with Gasteiger partial charge in [0.25, 0.3) is 0 Å². The molecule has 0 spiro atoms. The largest absolute Gasteiger partial charge is 0.389 e. The Labute approximate surface area is 123 Å². The molecule has 3 N–H and O–H groups in total. The first-order valence-electron chi connectivity index (χ1n) is 7.77. The van der Waals surface area contributed by atoms with Crippen LogP contribution in [0, 0.1) is 5.92 Å². The molecule has 1 rings (SSSR count). The summed E-state index contributed by atoms with van der Waals surface area (Å²) in [7, 11) is 3.74. The van der Waals surface area contributed by atoms with Crippen molar-refractivity contribution in [2.24, 2.45) is 11.7 Å². The van der Waals surface area contributed by atoms with Gasteiger partial charge < -0.3 is 25.2 Å². The van der Waals surface area contributed by atoms with Crippen molar-refractivity contribution in [1.82, 2.24) is 4.90 Å². The third-order valence-electron chi connectivity index (χ3n) is 4.21. The zero-order valence-corrected chi connectivity index (χ0v) is 13.3. The first-order valence-corrected chi connectivity index (χ1v) is 7.77. The second-order valence-electron chi connectivity index (χ2n) is 6.04. The highest BCUT2D eigenvalue weighted by molar-refractivity contribution is 4.83. The lowest BCUT2D eigenvalue weighted by Gasteiger charge is -2.38. The summed E-state index contributed by atoms with van der Waals surface area (Å²) < 4.78 is 10.6. The van der Waals surface area contributed by atoms with Crippen molar-refractivity contribution in [2.75, 3.05) is 40.5 Å². The molecule has 0 aromatic heterocycles. The van der Waals surface area contributed by atoms with Gasteiger partial charge in [0.15, 0.2) is 0 Å². The van der Waals surface area contributed by atoms with Gasteiger partial charge in [0.05, 0.1) is 25.4 Å². The van der Waals surface area contributed by atoms with Crippen molar-refractivity contribution in [2.45, 2.75) is 50.9 Å². The predicted molar refractivity (Wildman–Crippen MR) is 80.7 cm³/mol. The second kappa shape index (κ2) is 9.68. The van der Waals surface area contributed by atoms with Gasteiger partial charge in [0.2, 0.25) is 0 Å². The third kappa shape index (κ3) is 6.06. The molecule has 1 saturated carbocycles. The maximum atomic E-state index is 10.1. The van der Waals surface area contributed by atoms with E-state index in [1.54, 1.807) is 7.11 Å². The topological polar surface area (TPSA) is 68.0 Å². The van der Waals surface area contributed by atoms with Gasteiger partial charge in [-0.3, -0.25) is 0 Å². The number of aliphatic hydroxyl groups is 1. The molecule has 1 aliphatic carbocycles. The van der Waals surface area contributed by atoms with Crippen LogP contribution in [0.1, 0.15) is 32.6 Å². The van der Waals surface area contributed by atoms with Crippen molar-refractivity contribution in [3.8, 4) is 0 Å². The number of rotatable bonds is 9. The van der Waals surface area contributed by atoms with Gasteiger partial charge in [-0.2, -0.15) is 0 Å². The van der Waals surface area contributed by atoms with Crippen molar-refractivity contribution >= 4 is 0 Å². The van der Waals surface area contributed by atoms with E-state index in [0.29, 0.717) is 31.7 Å². The molecule has 0 aromatic carbocycles. The Bertz CT molecular complexity index is 253. The lowest BCUT2D eigenvalue weighted by atomic mass is 9.83. The van der Waals surface area contributed by atoms with Crippen LogP contribution in [0.15, 0.2) is 0 Å². The number of aliphatic hydroxyl groups excluding tert-OH is 1. The Morgan fingerprint density at radius 2 is 2.00 bits per heavy atom. The molecule has 120 valence electrons. The first-order chi connectivity index (χ1) is 9.58. The SMILES string of the molecule is COCC(C)OCC(O)CN(C)C1CCCCC1CN. The lowest BCUT2D eigenvalue weighted by molar-refractivity contribution is -0.0436. The quantitative estimate of drug-likeness (QED) is 0.658. The summed E-state index contributed by atoms with van der Waals surface area (Å²) in [4.78, 5) is 2.26. The molecule has 0 aromatic rings. The molecule has 0 aliphatic heterocycles. The molecule has 4 atom stereocenters. The summed E-state index contributed by atoms with van der Waals surface area (Å²) in [5.74, 6) is 0.564. The van der Waals surface area contributed by atoms with Crippen molar-refractivity contribution in [1.29, 1.82) is 0 Å². The highest BCUT2D eigenvalue weighted by Gasteiger charge is 2.28. The normalized spacial score (nSPS) is 26.7. The maximum Gasteiger partial charge on any atom is 0.0900 e. The van der Waals surface area contributed by atoms with E-state index >= 15 is 0 Å². The Kier molecular flexibility index (Phi) is 8.64. The van der Waals surface area contributed by atoms with Gasteiger partial charge >= 0.3 is 0 Å². The van der Waals surface area contributed by atoms with E-state index in [9.17, 15) is 5.11 Å². The summed E-state index contributed by atoms with van der Waals surface area (Å²) in [5.41, 5.74) is 5.87. The van der Waals surface area contributed by atoms with Gasteiger partial charge in [-0.1, -0.05) is 12.8 Å². The Balaban J connectivity index is 2.30. The summed E-state index contributed by atoms with van der Waals surface area (Å²) in [6.45, 7) is 4.24. The Morgan fingerprint density at radius 1 is 1.30 bits per heavy atom. The van der Waals surface area contributed by atoms with Crippen LogP contribution in [0.5, 0.6) is 0 Å². The minimum absolute atomic E-state index is 0.0198. The molecular weight excluding hydrogens is 256 g/mol. The van der Waals surface area contributed by atoms with Gasteiger partial charge in [-0.15, -0.1) is 0 Å². The van der Waals surface area contributed by atoms with E-state index < -0.39 is 6.10 Å². The molecule has 20 heavy (non-hydrogen) atoms. The van der Waals surface area contributed by atoms with E-state index in [0.717, 1.165) is 6.54 Å². The second-order valence-corrected chi connectivity index (χ2v) is 6.04. The molecule has 1 aliphatic rings. The first kappa shape index (κ1) is 17.9. The van der Waals surface area contributed by atoms with Gasteiger partial charge in [-0.05, 0) is 39.3 Å². The van der Waals surface area contributed by atoms with E-state index in [4.69, 9.17) is 15.2 Å². The van der Waals surface area contributed by atoms with Crippen LogP contribution in [0.25, 0.3) is 0 Å². The highest BCUT2D eigenvalue weighted by Crippen LogP contribution is 2.27. The maximum absolute atomic E-state index is 10.1. The van der Waals surface area contributed by atoms with Crippen LogP contribution in [-0.4, -0.2) is 68.7 Å². The zero-order chi connectivity index (χ0) is 15.0. The fourth-order valence-corrected chi connectivity index (χ4v) is 3.12. The van der Waals surface area contributed by atoms with Crippen LogP contribution in [0.4, 0.5) is 0 Å². The monoisotopic (exact) mass is 288 g/mol.